The molecule has 0 unspecified atom stereocenters. The molecule has 0 amide bonds. The van der Waals surface area contributed by atoms with Gasteiger partial charge in [0.05, 0.1) is 7.11 Å². The number of allylic oxidation sites excluding steroid dienone is 3. The molecule has 0 saturated heterocycles. The standard InChI is InChI=1S/C12H14O3/c1-8-4-3-5-9-10(13)6-7-12(8,9)11(14)15-2/h3-4,6-9H,5H2,1-2H3/t8-,9-,12+/m1/s1. The highest BCUT2D eigenvalue weighted by atomic mass is 16.5. The second-order valence-corrected chi connectivity index (χ2v) is 4.17. The summed E-state index contributed by atoms with van der Waals surface area (Å²) in [6.07, 6.45) is 7.83. The average molecular weight is 206 g/mol. The minimum atomic E-state index is -0.749. The summed E-state index contributed by atoms with van der Waals surface area (Å²) in [5.74, 6) is -0.501. The number of esters is 1. The SMILES string of the molecule is COC(=O)[C@]12C=CC(=O)[C@H]1CC=C[C@H]2C. The summed E-state index contributed by atoms with van der Waals surface area (Å²) in [5.41, 5.74) is -0.749. The van der Waals surface area contributed by atoms with E-state index in [1.54, 1.807) is 6.08 Å². The lowest BCUT2D eigenvalue weighted by atomic mass is 9.65. The predicted molar refractivity (Wildman–Crippen MR) is 55.0 cm³/mol. The van der Waals surface area contributed by atoms with Gasteiger partial charge in [-0.1, -0.05) is 25.2 Å². The van der Waals surface area contributed by atoms with Crippen LogP contribution in [-0.2, 0) is 14.3 Å². The molecular weight excluding hydrogens is 192 g/mol. The van der Waals surface area contributed by atoms with Gasteiger partial charge in [-0.2, -0.15) is 0 Å². The first-order chi connectivity index (χ1) is 7.13. The van der Waals surface area contributed by atoms with E-state index in [0.717, 1.165) is 0 Å². The molecule has 0 N–H and O–H groups in total. The molecule has 0 saturated carbocycles. The summed E-state index contributed by atoms with van der Waals surface area (Å²) in [6, 6.07) is 0. The van der Waals surface area contributed by atoms with E-state index < -0.39 is 5.41 Å². The van der Waals surface area contributed by atoms with Gasteiger partial charge >= 0.3 is 5.97 Å². The summed E-state index contributed by atoms with van der Waals surface area (Å²) >= 11 is 0. The van der Waals surface area contributed by atoms with Crippen molar-refractivity contribution in [2.75, 3.05) is 7.11 Å². The fourth-order valence-electron chi connectivity index (χ4n) is 2.62. The van der Waals surface area contributed by atoms with Crippen molar-refractivity contribution in [2.24, 2.45) is 17.3 Å². The zero-order valence-electron chi connectivity index (χ0n) is 8.90. The average Bonchev–Trinajstić information content (AvgIpc) is 2.58. The first-order valence-electron chi connectivity index (χ1n) is 5.11. The van der Waals surface area contributed by atoms with Gasteiger partial charge < -0.3 is 4.74 Å². The largest absolute Gasteiger partial charge is 0.468 e. The molecular formula is C12H14O3. The van der Waals surface area contributed by atoms with E-state index in [-0.39, 0.29) is 23.6 Å². The first-order valence-corrected chi connectivity index (χ1v) is 5.11. The summed E-state index contributed by atoms with van der Waals surface area (Å²) in [7, 11) is 1.37. The van der Waals surface area contributed by atoms with Gasteiger partial charge in [0, 0.05) is 5.92 Å². The molecule has 0 aromatic carbocycles. The van der Waals surface area contributed by atoms with Gasteiger partial charge in [0.25, 0.3) is 0 Å². The molecule has 0 radical (unpaired) electrons. The van der Waals surface area contributed by atoms with Crippen LogP contribution in [0, 0.1) is 17.3 Å². The highest BCUT2D eigenvalue weighted by Gasteiger charge is 2.54. The number of ether oxygens (including phenoxy) is 1. The molecule has 2 aliphatic carbocycles. The van der Waals surface area contributed by atoms with Gasteiger partial charge in [0.1, 0.15) is 5.41 Å². The fraction of sp³-hybridized carbons (Fsp3) is 0.500. The lowest BCUT2D eigenvalue weighted by Crippen LogP contribution is -2.44. The molecule has 0 aliphatic heterocycles. The van der Waals surface area contributed by atoms with Crippen LogP contribution in [0.3, 0.4) is 0 Å². The smallest absolute Gasteiger partial charge is 0.317 e. The number of carbonyl (C=O) groups is 2. The van der Waals surface area contributed by atoms with Crippen molar-refractivity contribution in [3.8, 4) is 0 Å². The van der Waals surface area contributed by atoms with Crippen LogP contribution < -0.4 is 0 Å². The molecule has 3 atom stereocenters. The molecule has 15 heavy (non-hydrogen) atoms. The third-order valence-electron chi connectivity index (χ3n) is 3.53. The monoisotopic (exact) mass is 206 g/mol. The molecule has 0 fully saturated rings. The van der Waals surface area contributed by atoms with Gasteiger partial charge in [0.15, 0.2) is 5.78 Å². The van der Waals surface area contributed by atoms with Crippen LogP contribution in [0.5, 0.6) is 0 Å². The summed E-state index contributed by atoms with van der Waals surface area (Å²) < 4.78 is 4.84. The van der Waals surface area contributed by atoms with Crippen LogP contribution in [0.4, 0.5) is 0 Å². The number of rotatable bonds is 1. The first kappa shape index (κ1) is 10.1. The number of hydrogen-bond acceptors (Lipinski definition) is 3. The Hall–Kier alpha value is -1.38. The van der Waals surface area contributed by atoms with Gasteiger partial charge in [-0.05, 0) is 18.4 Å². The number of ketones is 1. The molecule has 80 valence electrons. The second kappa shape index (κ2) is 3.33. The van der Waals surface area contributed by atoms with Crippen molar-refractivity contribution in [2.45, 2.75) is 13.3 Å². The van der Waals surface area contributed by atoms with E-state index in [1.165, 1.54) is 13.2 Å². The zero-order valence-corrected chi connectivity index (χ0v) is 8.90. The molecule has 2 rings (SSSR count). The molecule has 0 heterocycles. The van der Waals surface area contributed by atoms with Crippen LogP contribution in [0.15, 0.2) is 24.3 Å². The summed E-state index contributed by atoms with van der Waals surface area (Å²) in [4.78, 5) is 23.5. The number of hydrogen-bond donors (Lipinski definition) is 0. The van der Waals surface area contributed by atoms with Crippen molar-refractivity contribution in [3.05, 3.63) is 24.3 Å². The molecule has 3 nitrogen and oxygen atoms in total. The minimum Gasteiger partial charge on any atom is -0.468 e. The van der Waals surface area contributed by atoms with Crippen molar-refractivity contribution in [3.63, 3.8) is 0 Å². The number of methoxy groups -OCH3 is 1. The second-order valence-electron chi connectivity index (χ2n) is 4.17. The highest BCUT2D eigenvalue weighted by Crippen LogP contribution is 2.48. The topological polar surface area (TPSA) is 43.4 Å². The van der Waals surface area contributed by atoms with Crippen molar-refractivity contribution in [1.82, 2.24) is 0 Å². The van der Waals surface area contributed by atoms with E-state index in [2.05, 4.69) is 0 Å². The Bertz CT molecular complexity index is 367. The maximum absolute atomic E-state index is 11.9. The maximum atomic E-state index is 11.9. The van der Waals surface area contributed by atoms with E-state index in [4.69, 9.17) is 4.74 Å². The number of carbonyl (C=O) groups excluding carboxylic acids is 2. The van der Waals surface area contributed by atoms with Crippen LogP contribution in [0.1, 0.15) is 13.3 Å². The molecule has 3 heteroatoms. The lowest BCUT2D eigenvalue weighted by molar-refractivity contribution is -0.156. The molecule has 0 aromatic heterocycles. The van der Waals surface area contributed by atoms with Crippen molar-refractivity contribution >= 4 is 11.8 Å². The van der Waals surface area contributed by atoms with Gasteiger partial charge in [-0.25, -0.2) is 0 Å². The normalized spacial score (nSPS) is 37.9. The summed E-state index contributed by atoms with van der Waals surface area (Å²) in [6.45, 7) is 1.95. The van der Waals surface area contributed by atoms with Gasteiger partial charge in [-0.15, -0.1) is 0 Å². The Balaban J connectivity index is 2.48. The molecule has 0 aromatic rings. The highest BCUT2D eigenvalue weighted by molar-refractivity contribution is 6.02. The van der Waals surface area contributed by atoms with E-state index in [0.29, 0.717) is 6.42 Å². The third-order valence-corrected chi connectivity index (χ3v) is 3.53. The van der Waals surface area contributed by atoms with Crippen molar-refractivity contribution < 1.29 is 14.3 Å². The van der Waals surface area contributed by atoms with E-state index in [9.17, 15) is 9.59 Å². The Labute approximate surface area is 88.8 Å². The fourth-order valence-corrected chi connectivity index (χ4v) is 2.62. The van der Waals surface area contributed by atoms with Crippen LogP contribution in [0.2, 0.25) is 0 Å². The summed E-state index contributed by atoms with van der Waals surface area (Å²) in [5, 5.41) is 0. The Kier molecular flexibility index (Phi) is 2.25. The quantitative estimate of drug-likeness (QED) is 0.482. The Morgan fingerprint density at radius 3 is 3.00 bits per heavy atom. The van der Waals surface area contributed by atoms with E-state index >= 15 is 0 Å². The predicted octanol–water partition coefficient (Wildman–Crippen LogP) is 1.50. The Morgan fingerprint density at radius 2 is 2.33 bits per heavy atom. The van der Waals surface area contributed by atoms with Crippen LogP contribution in [0.25, 0.3) is 0 Å². The Morgan fingerprint density at radius 1 is 1.60 bits per heavy atom. The van der Waals surface area contributed by atoms with Crippen molar-refractivity contribution in [1.29, 1.82) is 0 Å². The lowest BCUT2D eigenvalue weighted by Gasteiger charge is -2.37. The van der Waals surface area contributed by atoms with Crippen LogP contribution in [-0.4, -0.2) is 18.9 Å². The molecule has 0 spiro atoms. The van der Waals surface area contributed by atoms with Gasteiger partial charge in [0.2, 0.25) is 0 Å². The van der Waals surface area contributed by atoms with Gasteiger partial charge in [-0.3, -0.25) is 9.59 Å². The molecule has 0 bridgehead atoms. The van der Waals surface area contributed by atoms with Crippen LogP contribution >= 0.6 is 0 Å². The maximum Gasteiger partial charge on any atom is 0.317 e. The van der Waals surface area contributed by atoms with E-state index in [1.807, 2.05) is 19.1 Å². The molecule has 2 aliphatic rings. The minimum absolute atomic E-state index is 0.0198. The number of fused-ring (bicyclic) bond motifs is 1. The third kappa shape index (κ3) is 1.19. The zero-order chi connectivity index (χ0) is 11.1.